The molecule has 26 heavy (non-hydrogen) atoms. The number of carbonyl (C=O) groups excluding carboxylic acids is 1. The molecule has 0 saturated carbocycles. The van der Waals surface area contributed by atoms with Crippen LogP contribution in [0.5, 0.6) is 0 Å². The van der Waals surface area contributed by atoms with Crippen LogP contribution in [0, 0.1) is 11.8 Å². The molecule has 1 atom stereocenters. The maximum Gasteiger partial charge on any atom is 0.416 e. The van der Waals surface area contributed by atoms with Gasteiger partial charge in [-0.2, -0.15) is 13.2 Å². The number of likely N-dealkylation sites (tertiary alicyclic amines) is 1. The summed E-state index contributed by atoms with van der Waals surface area (Å²) in [5.74, 6) is 0.671. The zero-order chi connectivity index (χ0) is 18.6. The van der Waals surface area contributed by atoms with Crippen molar-refractivity contribution in [1.29, 1.82) is 0 Å². The molecule has 2 aliphatic heterocycles. The molecule has 2 heterocycles. The van der Waals surface area contributed by atoms with Crippen molar-refractivity contribution in [2.45, 2.75) is 44.7 Å². The molecule has 0 spiro atoms. The van der Waals surface area contributed by atoms with E-state index < -0.39 is 11.7 Å². The molecule has 2 fully saturated rings. The summed E-state index contributed by atoms with van der Waals surface area (Å²) in [6.07, 6.45) is 0.744. The minimum atomic E-state index is -4.30. The van der Waals surface area contributed by atoms with Crippen molar-refractivity contribution in [1.82, 2.24) is 4.90 Å². The van der Waals surface area contributed by atoms with Gasteiger partial charge < -0.3 is 9.64 Å². The number of nitrogens with zero attached hydrogens (tertiary/aromatic N) is 1. The first-order chi connectivity index (χ1) is 12.4. The van der Waals surface area contributed by atoms with Crippen LogP contribution in [0.15, 0.2) is 24.3 Å². The molecule has 0 aromatic heterocycles. The van der Waals surface area contributed by atoms with Gasteiger partial charge in [0.25, 0.3) is 0 Å². The Kier molecular flexibility index (Phi) is 6.22. The summed E-state index contributed by atoms with van der Waals surface area (Å²) in [4.78, 5) is 14.6. The van der Waals surface area contributed by atoms with E-state index in [-0.39, 0.29) is 11.8 Å². The summed E-state index contributed by atoms with van der Waals surface area (Å²) < 4.78 is 43.8. The lowest BCUT2D eigenvalue weighted by atomic mass is 9.90. The molecule has 1 aromatic rings. The number of piperidine rings is 1. The second-order valence-corrected chi connectivity index (χ2v) is 7.42. The molecule has 3 nitrogen and oxygen atoms in total. The average Bonchev–Trinajstić information content (AvgIpc) is 2.66. The number of benzene rings is 1. The SMILES string of the molecule is O=C(C1CCOCC1)N1CCC[C@H](CCc2cccc(C(F)(F)F)c2)C1. The number of hydrogen-bond acceptors (Lipinski definition) is 2. The Morgan fingerprint density at radius 2 is 1.96 bits per heavy atom. The van der Waals surface area contributed by atoms with Crippen molar-refractivity contribution in [3.8, 4) is 0 Å². The number of ether oxygens (including phenoxy) is 1. The maximum absolute atomic E-state index is 12.8. The van der Waals surface area contributed by atoms with Gasteiger partial charge in [0.1, 0.15) is 0 Å². The van der Waals surface area contributed by atoms with Gasteiger partial charge in [0.2, 0.25) is 5.91 Å². The second kappa shape index (κ2) is 8.42. The highest BCUT2D eigenvalue weighted by molar-refractivity contribution is 5.79. The largest absolute Gasteiger partial charge is 0.416 e. The van der Waals surface area contributed by atoms with Crippen LogP contribution in [0.3, 0.4) is 0 Å². The Hall–Kier alpha value is -1.56. The predicted octanol–water partition coefficient (Wildman–Crippen LogP) is 4.30. The molecule has 2 aliphatic rings. The van der Waals surface area contributed by atoms with E-state index in [1.54, 1.807) is 6.07 Å². The molecule has 0 unspecified atom stereocenters. The molecule has 0 radical (unpaired) electrons. The number of hydrogen-bond donors (Lipinski definition) is 0. The van der Waals surface area contributed by atoms with Crippen molar-refractivity contribution >= 4 is 5.91 Å². The Balaban J connectivity index is 1.53. The van der Waals surface area contributed by atoms with Crippen LogP contribution in [-0.4, -0.2) is 37.1 Å². The molecular formula is C20H26F3NO2. The van der Waals surface area contributed by atoms with E-state index in [0.29, 0.717) is 31.1 Å². The molecule has 0 N–H and O–H groups in total. The smallest absolute Gasteiger partial charge is 0.381 e. The zero-order valence-electron chi connectivity index (χ0n) is 14.9. The van der Waals surface area contributed by atoms with Crippen LogP contribution >= 0.6 is 0 Å². The van der Waals surface area contributed by atoms with Gasteiger partial charge in [0, 0.05) is 32.2 Å². The molecule has 6 heteroatoms. The number of carbonyl (C=O) groups is 1. The fraction of sp³-hybridized carbons (Fsp3) is 0.650. The molecule has 1 aromatic carbocycles. The Morgan fingerprint density at radius 1 is 1.19 bits per heavy atom. The van der Waals surface area contributed by atoms with Crippen LogP contribution in [0.2, 0.25) is 0 Å². The van der Waals surface area contributed by atoms with E-state index >= 15 is 0 Å². The average molecular weight is 369 g/mol. The summed E-state index contributed by atoms with van der Waals surface area (Å²) in [7, 11) is 0. The van der Waals surface area contributed by atoms with Crippen LogP contribution in [0.25, 0.3) is 0 Å². The van der Waals surface area contributed by atoms with Crippen molar-refractivity contribution in [3.63, 3.8) is 0 Å². The third kappa shape index (κ3) is 5.00. The third-order valence-electron chi connectivity index (χ3n) is 5.50. The van der Waals surface area contributed by atoms with E-state index in [1.165, 1.54) is 12.1 Å². The fourth-order valence-corrected chi connectivity index (χ4v) is 3.98. The van der Waals surface area contributed by atoms with Gasteiger partial charge in [-0.3, -0.25) is 4.79 Å². The quantitative estimate of drug-likeness (QED) is 0.792. The van der Waals surface area contributed by atoms with Gasteiger partial charge >= 0.3 is 6.18 Å². The highest BCUT2D eigenvalue weighted by atomic mass is 19.4. The van der Waals surface area contributed by atoms with Gasteiger partial charge in [0.15, 0.2) is 0 Å². The van der Waals surface area contributed by atoms with Crippen molar-refractivity contribution < 1.29 is 22.7 Å². The summed E-state index contributed by atoms with van der Waals surface area (Å²) in [6, 6.07) is 5.58. The number of halogens is 3. The highest BCUT2D eigenvalue weighted by Gasteiger charge is 2.31. The van der Waals surface area contributed by atoms with Crippen LogP contribution < -0.4 is 0 Å². The predicted molar refractivity (Wildman–Crippen MR) is 92.6 cm³/mol. The number of amides is 1. The molecule has 3 rings (SSSR count). The van der Waals surface area contributed by atoms with E-state index in [4.69, 9.17) is 4.74 Å². The summed E-state index contributed by atoms with van der Waals surface area (Å²) in [5.41, 5.74) is 0.127. The fourth-order valence-electron chi connectivity index (χ4n) is 3.98. The lowest BCUT2D eigenvalue weighted by molar-refractivity contribution is -0.140. The first-order valence-corrected chi connectivity index (χ1v) is 9.46. The van der Waals surface area contributed by atoms with Gasteiger partial charge in [-0.15, -0.1) is 0 Å². The Bertz CT molecular complexity index is 611. The first-order valence-electron chi connectivity index (χ1n) is 9.46. The standard InChI is InChI=1S/C20H26F3NO2/c21-20(22,23)18-5-1-3-15(13-18)6-7-16-4-2-10-24(14-16)19(25)17-8-11-26-12-9-17/h1,3,5,13,16-17H,2,4,6-12,14H2/t16-/m1/s1. The van der Waals surface area contributed by atoms with Gasteiger partial charge in [0.05, 0.1) is 5.56 Å². The first kappa shape index (κ1) is 19.2. The molecular weight excluding hydrogens is 343 g/mol. The van der Waals surface area contributed by atoms with E-state index in [1.807, 2.05) is 4.90 Å². The molecule has 2 saturated heterocycles. The van der Waals surface area contributed by atoms with Crippen LogP contribution in [0.1, 0.15) is 43.2 Å². The topological polar surface area (TPSA) is 29.5 Å². The monoisotopic (exact) mass is 369 g/mol. The van der Waals surface area contributed by atoms with Crippen LogP contribution in [0.4, 0.5) is 13.2 Å². The van der Waals surface area contributed by atoms with Crippen molar-refractivity contribution in [2.24, 2.45) is 11.8 Å². The number of aryl methyl sites for hydroxylation is 1. The van der Waals surface area contributed by atoms with Crippen molar-refractivity contribution in [3.05, 3.63) is 35.4 Å². The molecule has 144 valence electrons. The maximum atomic E-state index is 12.8. The summed E-state index contributed by atoms with van der Waals surface area (Å²) >= 11 is 0. The van der Waals surface area contributed by atoms with Gasteiger partial charge in [-0.1, -0.05) is 18.2 Å². The lowest BCUT2D eigenvalue weighted by Crippen LogP contribution is -2.44. The number of rotatable bonds is 4. The minimum Gasteiger partial charge on any atom is -0.381 e. The molecule has 1 amide bonds. The highest BCUT2D eigenvalue weighted by Crippen LogP contribution is 2.30. The van der Waals surface area contributed by atoms with E-state index in [2.05, 4.69) is 0 Å². The van der Waals surface area contributed by atoms with Crippen LogP contribution in [-0.2, 0) is 22.1 Å². The second-order valence-electron chi connectivity index (χ2n) is 7.42. The Morgan fingerprint density at radius 3 is 2.69 bits per heavy atom. The van der Waals surface area contributed by atoms with Gasteiger partial charge in [-0.05, 0) is 56.1 Å². The van der Waals surface area contributed by atoms with E-state index in [9.17, 15) is 18.0 Å². The minimum absolute atomic E-state index is 0.0750. The molecule has 0 aliphatic carbocycles. The van der Waals surface area contributed by atoms with Gasteiger partial charge in [-0.25, -0.2) is 0 Å². The summed E-state index contributed by atoms with van der Waals surface area (Å²) in [6.45, 7) is 2.85. The number of alkyl halides is 3. The normalized spacial score (nSPS) is 22.4. The van der Waals surface area contributed by atoms with E-state index in [0.717, 1.165) is 51.3 Å². The lowest BCUT2D eigenvalue weighted by Gasteiger charge is -2.36. The Labute approximate surface area is 152 Å². The summed E-state index contributed by atoms with van der Waals surface area (Å²) in [5, 5.41) is 0. The zero-order valence-corrected chi connectivity index (χ0v) is 14.9. The third-order valence-corrected chi connectivity index (χ3v) is 5.50. The van der Waals surface area contributed by atoms with Crippen molar-refractivity contribution in [2.75, 3.05) is 26.3 Å². The molecule has 0 bridgehead atoms.